The van der Waals surface area contributed by atoms with Gasteiger partial charge in [-0.1, -0.05) is 12.1 Å². The highest BCUT2D eigenvalue weighted by Gasteiger charge is 2.20. The van der Waals surface area contributed by atoms with E-state index in [0.717, 1.165) is 44.5 Å². The average Bonchev–Trinajstić information content (AvgIpc) is 2.68. The third-order valence-corrected chi connectivity index (χ3v) is 5.02. The number of nitrogens with two attached hydrogens (primary N) is 1. The minimum atomic E-state index is -0.457. The van der Waals surface area contributed by atoms with Crippen molar-refractivity contribution in [3.05, 3.63) is 65.5 Å². The van der Waals surface area contributed by atoms with E-state index in [2.05, 4.69) is 27.3 Å². The topological polar surface area (TPSA) is 88.3 Å². The number of carbonyl (C=O) groups is 2. The summed E-state index contributed by atoms with van der Waals surface area (Å²) in [5, 5.41) is 3.13. The van der Waals surface area contributed by atoms with Crippen LogP contribution in [0.15, 0.2) is 48.8 Å². The predicted molar refractivity (Wildman–Crippen MR) is 104 cm³/mol. The Morgan fingerprint density at radius 3 is 2.33 bits per heavy atom. The molecule has 27 heavy (non-hydrogen) atoms. The van der Waals surface area contributed by atoms with Gasteiger partial charge in [-0.05, 0) is 54.7 Å². The van der Waals surface area contributed by atoms with Crippen LogP contribution in [0.1, 0.15) is 34.3 Å². The van der Waals surface area contributed by atoms with Crippen LogP contribution >= 0.6 is 0 Å². The lowest BCUT2D eigenvalue weighted by atomic mass is 10.0. The first-order chi connectivity index (χ1) is 13.1. The smallest absolute Gasteiger partial charge is 0.248 e. The van der Waals surface area contributed by atoms with Gasteiger partial charge >= 0.3 is 0 Å². The van der Waals surface area contributed by atoms with Gasteiger partial charge in [0, 0.05) is 43.6 Å². The number of benzene rings is 1. The van der Waals surface area contributed by atoms with E-state index in [1.807, 2.05) is 12.4 Å². The molecule has 0 spiro atoms. The number of carbonyl (C=O) groups excluding carboxylic acids is 2. The van der Waals surface area contributed by atoms with Gasteiger partial charge in [0.1, 0.15) is 0 Å². The van der Waals surface area contributed by atoms with E-state index in [1.54, 1.807) is 24.3 Å². The molecule has 2 heterocycles. The van der Waals surface area contributed by atoms with Crippen molar-refractivity contribution in [1.82, 2.24) is 15.2 Å². The molecule has 0 unspecified atom stereocenters. The Kier molecular flexibility index (Phi) is 6.54. The molecule has 2 amide bonds. The molecule has 0 saturated carbocycles. The molecule has 3 rings (SSSR count). The zero-order valence-corrected chi connectivity index (χ0v) is 15.4. The Bertz CT molecular complexity index is 754. The number of nitrogens with zero attached hydrogens (tertiary/aromatic N) is 2. The van der Waals surface area contributed by atoms with Crippen molar-refractivity contribution in [2.75, 3.05) is 19.6 Å². The van der Waals surface area contributed by atoms with Crippen LogP contribution in [0.25, 0.3) is 0 Å². The number of rotatable bonds is 7. The van der Waals surface area contributed by atoms with Crippen molar-refractivity contribution in [1.29, 1.82) is 0 Å². The molecule has 1 saturated heterocycles. The Hall–Kier alpha value is -2.73. The van der Waals surface area contributed by atoms with E-state index in [9.17, 15) is 9.59 Å². The molecule has 0 bridgehead atoms. The second kappa shape index (κ2) is 9.28. The lowest BCUT2D eigenvalue weighted by molar-refractivity contribution is -0.121. The Balaban J connectivity index is 1.38. The van der Waals surface area contributed by atoms with Crippen molar-refractivity contribution in [2.45, 2.75) is 31.7 Å². The van der Waals surface area contributed by atoms with E-state index in [1.165, 1.54) is 5.56 Å². The molecule has 1 aromatic carbocycles. The van der Waals surface area contributed by atoms with Gasteiger partial charge in [0.05, 0.1) is 6.42 Å². The molecule has 0 radical (unpaired) electrons. The van der Waals surface area contributed by atoms with E-state index in [-0.39, 0.29) is 11.9 Å². The number of amides is 2. The molecule has 0 aliphatic carbocycles. The number of hydrogen-bond donors (Lipinski definition) is 2. The van der Waals surface area contributed by atoms with Crippen LogP contribution in [0.2, 0.25) is 0 Å². The Labute approximate surface area is 159 Å². The van der Waals surface area contributed by atoms with Crippen LogP contribution in [-0.2, 0) is 17.6 Å². The van der Waals surface area contributed by atoms with Crippen LogP contribution in [0.5, 0.6) is 0 Å². The summed E-state index contributed by atoms with van der Waals surface area (Å²) in [5.41, 5.74) is 7.88. The van der Waals surface area contributed by atoms with Crippen molar-refractivity contribution in [2.24, 2.45) is 5.73 Å². The van der Waals surface area contributed by atoms with E-state index in [0.29, 0.717) is 12.0 Å². The number of pyridine rings is 1. The van der Waals surface area contributed by atoms with E-state index < -0.39 is 5.91 Å². The zero-order valence-electron chi connectivity index (χ0n) is 15.4. The van der Waals surface area contributed by atoms with Gasteiger partial charge in [0.15, 0.2) is 0 Å². The molecule has 1 aliphatic heterocycles. The van der Waals surface area contributed by atoms with Gasteiger partial charge in [-0.25, -0.2) is 0 Å². The fourth-order valence-electron chi connectivity index (χ4n) is 3.39. The minimum Gasteiger partial charge on any atom is -0.366 e. The Morgan fingerprint density at radius 2 is 1.70 bits per heavy atom. The summed E-state index contributed by atoms with van der Waals surface area (Å²) in [4.78, 5) is 29.9. The molecule has 0 atom stereocenters. The van der Waals surface area contributed by atoms with Gasteiger partial charge in [-0.2, -0.15) is 0 Å². The third-order valence-electron chi connectivity index (χ3n) is 5.02. The fourth-order valence-corrected chi connectivity index (χ4v) is 3.39. The second-order valence-electron chi connectivity index (χ2n) is 7.03. The van der Waals surface area contributed by atoms with Crippen LogP contribution in [0.4, 0.5) is 0 Å². The van der Waals surface area contributed by atoms with Crippen LogP contribution in [0, 0.1) is 0 Å². The highest BCUT2D eigenvalue weighted by molar-refractivity contribution is 5.92. The second-order valence-corrected chi connectivity index (χ2v) is 7.03. The maximum atomic E-state index is 12.3. The summed E-state index contributed by atoms with van der Waals surface area (Å²) in [6, 6.07) is 11.2. The van der Waals surface area contributed by atoms with Crippen molar-refractivity contribution in [3.63, 3.8) is 0 Å². The number of primary amides is 1. The summed E-state index contributed by atoms with van der Waals surface area (Å²) in [6.45, 7) is 3.05. The maximum absolute atomic E-state index is 12.3. The molecular weight excluding hydrogens is 340 g/mol. The molecule has 1 aliphatic rings. The first-order valence-electron chi connectivity index (χ1n) is 9.39. The number of aromatic nitrogens is 1. The zero-order chi connectivity index (χ0) is 19.1. The number of likely N-dealkylation sites (tertiary alicyclic amines) is 1. The van der Waals surface area contributed by atoms with Gasteiger partial charge in [0.2, 0.25) is 11.8 Å². The van der Waals surface area contributed by atoms with Gasteiger partial charge < -0.3 is 16.0 Å². The SMILES string of the molecule is NC(=O)c1ccc(CC(=O)NC2CCN(CCc3ccncc3)CC2)cc1. The molecule has 2 aromatic rings. The van der Waals surface area contributed by atoms with Crippen LogP contribution in [-0.4, -0.2) is 47.4 Å². The lowest BCUT2D eigenvalue weighted by Gasteiger charge is -2.32. The minimum absolute atomic E-state index is 0.0251. The quantitative estimate of drug-likeness (QED) is 0.778. The monoisotopic (exact) mass is 366 g/mol. The molecule has 1 fully saturated rings. The third kappa shape index (κ3) is 5.89. The summed E-state index contributed by atoms with van der Waals surface area (Å²) < 4.78 is 0. The molecule has 6 nitrogen and oxygen atoms in total. The highest BCUT2D eigenvalue weighted by Crippen LogP contribution is 2.12. The first kappa shape index (κ1) is 19.0. The normalized spacial score (nSPS) is 15.4. The highest BCUT2D eigenvalue weighted by atomic mass is 16.2. The largest absolute Gasteiger partial charge is 0.366 e. The van der Waals surface area contributed by atoms with Crippen molar-refractivity contribution < 1.29 is 9.59 Å². The lowest BCUT2D eigenvalue weighted by Crippen LogP contribution is -2.45. The molecule has 3 N–H and O–H groups in total. The van der Waals surface area contributed by atoms with Gasteiger partial charge in [-0.15, -0.1) is 0 Å². The number of nitrogens with one attached hydrogen (secondary N) is 1. The number of piperidine rings is 1. The van der Waals surface area contributed by atoms with Crippen molar-refractivity contribution in [3.8, 4) is 0 Å². The maximum Gasteiger partial charge on any atom is 0.248 e. The van der Waals surface area contributed by atoms with Gasteiger partial charge in [-0.3, -0.25) is 14.6 Å². The average molecular weight is 366 g/mol. The molecule has 6 heteroatoms. The number of hydrogen-bond acceptors (Lipinski definition) is 4. The van der Waals surface area contributed by atoms with E-state index in [4.69, 9.17) is 5.73 Å². The summed E-state index contributed by atoms with van der Waals surface area (Å²) in [5.74, 6) is -0.432. The summed E-state index contributed by atoms with van der Waals surface area (Å²) in [6.07, 6.45) is 6.96. The fraction of sp³-hybridized carbons (Fsp3) is 0.381. The van der Waals surface area contributed by atoms with Crippen LogP contribution in [0.3, 0.4) is 0 Å². The van der Waals surface area contributed by atoms with Gasteiger partial charge in [0.25, 0.3) is 0 Å². The molecule has 1 aromatic heterocycles. The van der Waals surface area contributed by atoms with E-state index >= 15 is 0 Å². The van der Waals surface area contributed by atoms with Crippen LogP contribution < -0.4 is 11.1 Å². The molecular formula is C21H26N4O2. The predicted octanol–water partition coefficient (Wildman–Crippen LogP) is 1.55. The summed E-state index contributed by atoms with van der Waals surface area (Å²) in [7, 11) is 0. The Morgan fingerprint density at radius 1 is 1.04 bits per heavy atom. The standard InChI is InChI=1S/C21H26N4O2/c22-21(27)18-3-1-17(2-4-18)15-20(26)24-19-8-13-25(14-9-19)12-7-16-5-10-23-11-6-16/h1-6,10-11,19H,7-9,12-15H2,(H2,22,27)(H,24,26). The van der Waals surface area contributed by atoms with Crippen molar-refractivity contribution >= 4 is 11.8 Å². The first-order valence-corrected chi connectivity index (χ1v) is 9.39. The molecule has 142 valence electrons. The summed E-state index contributed by atoms with van der Waals surface area (Å²) >= 11 is 0.